The lowest BCUT2D eigenvalue weighted by Crippen LogP contribution is -2.62. The van der Waals surface area contributed by atoms with Crippen molar-refractivity contribution in [2.45, 2.75) is 44.6 Å². The van der Waals surface area contributed by atoms with E-state index in [1.807, 2.05) is 43.3 Å². The number of halogens is 1. The molecule has 0 aliphatic carbocycles. The number of piperazine rings is 1. The second kappa shape index (κ2) is 8.93. The zero-order valence-corrected chi connectivity index (χ0v) is 16.9. The minimum absolute atomic E-state index is 0.0615. The summed E-state index contributed by atoms with van der Waals surface area (Å²) in [5, 5.41) is 6.09. The molecule has 2 aromatic rings. The second-order valence-electron chi connectivity index (χ2n) is 7.98. The predicted octanol–water partition coefficient (Wildman–Crippen LogP) is 1.91. The summed E-state index contributed by atoms with van der Waals surface area (Å²) in [6.07, 6.45) is 0.516. The molecule has 7 heteroatoms. The van der Waals surface area contributed by atoms with Crippen LogP contribution < -0.4 is 10.6 Å². The van der Waals surface area contributed by atoms with Crippen molar-refractivity contribution >= 4 is 11.8 Å². The van der Waals surface area contributed by atoms with Gasteiger partial charge in [0.15, 0.2) is 0 Å². The molecule has 30 heavy (non-hydrogen) atoms. The van der Waals surface area contributed by atoms with Crippen LogP contribution in [0.5, 0.6) is 0 Å². The van der Waals surface area contributed by atoms with E-state index in [2.05, 4.69) is 10.6 Å². The summed E-state index contributed by atoms with van der Waals surface area (Å²) in [7, 11) is 0. The Morgan fingerprint density at radius 3 is 2.80 bits per heavy atom. The topological polar surface area (TPSA) is 70.7 Å². The number of ether oxygens (including phenoxy) is 1. The summed E-state index contributed by atoms with van der Waals surface area (Å²) in [4.78, 5) is 27.0. The fraction of sp³-hybridized carbons (Fsp3) is 0.391. The van der Waals surface area contributed by atoms with Crippen molar-refractivity contribution in [2.75, 3.05) is 13.2 Å². The molecule has 0 spiro atoms. The molecule has 2 aromatic carbocycles. The minimum Gasteiger partial charge on any atom is -0.374 e. The van der Waals surface area contributed by atoms with Crippen molar-refractivity contribution in [2.24, 2.45) is 0 Å². The Balaban J connectivity index is 1.31. The van der Waals surface area contributed by atoms with Crippen molar-refractivity contribution in [3.63, 3.8) is 0 Å². The van der Waals surface area contributed by atoms with Crippen molar-refractivity contribution in [3.05, 3.63) is 71.0 Å². The van der Waals surface area contributed by atoms with Crippen LogP contribution in [0.15, 0.2) is 48.5 Å². The molecule has 2 heterocycles. The van der Waals surface area contributed by atoms with E-state index in [1.165, 1.54) is 6.07 Å². The molecular weight excluding hydrogens is 385 g/mol. The zero-order valence-electron chi connectivity index (χ0n) is 16.9. The molecule has 2 saturated heterocycles. The van der Waals surface area contributed by atoms with Crippen LogP contribution in [0.4, 0.5) is 4.39 Å². The first-order valence-electron chi connectivity index (χ1n) is 10.2. The Hall–Kier alpha value is -2.77. The summed E-state index contributed by atoms with van der Waals surface area (Å²) < 4.78 is 19.6. The van der Waals surface area contributed by atoms with Crippen LogP contribution in [-0.2, 0) is 27.5 Å². The number of amides is 2. The molecule has 3 atom stereocenters. The number of hydrogen-bond acceptors (Lipinski definition) is 4. The van der Waals surface area contributed by atoms with Crippen molar-refractivity contribution < 1.29 is 18.7 Å². The molecule has 2 aliphatic heterocycles. The van der Waals surface area contributed by atoms with Gasteiger partial charge in [0.2, 0.25) is 11.8 Å². The maximum absolute atomic E-state index is 14.0. The Morgan fingerprint density at radius 1 is 1.20 bits per heavy atom. The number of carbonyl (C=O) groups excluding carboxylic acids is 2. The van der Waals surface area contributed by atoms with Gasteiger partial charge in [0.05, 0.1) is 13.2 Å². The first-order chi connectivity index (χ1) is 14.5. The van der Waals surface area contributed by atoms with Gasteiger partial charge in [-0.15, -0.1) is 0 Å². The highest BCUT2D eigenvalue weighted by atomic mass is 19.1. The molecule has 2 fully saturated rings. The third-order valence-electron chi connectivity index (χ3n) is 5.68. The van der Waals surface area contributed by atoms with E-state index < -0.39 is 12.1 Å². The number of nitrogens with zero attached hydrogens (tertiary/aromatic N) is 1. The van der Waals surface area contributed by atoms with Gasteiger partial charge in [-0.05, 0) is 25.0 Å². The first-order valence-corrected chi connectivity index (χ1v) is 10.2. The van der Waals surface area contributed by atoms with Crippen LogP contribution in [0.2, 0.25) is 0 Å². The zero-order chi connectivity index (χ0) is 21.1. The highest BCUT2D eigenvalue weighted by Crippen LogP contribution is 2.23. The number of aryl methyl sites for hydroxylation is 1. The molecule has 0 bridgehead atoms. The lowest BCUT2D eigenvalue weighted by atomic mass is 10.1. The number of rotatable bonds is 7. The van der Waals surface area contributed by atoms with Crippen LogP contribution in [0.1, 0.15) is 23.1 Å². The van der Waals surface area contributed by atoms with Crippen LogP contribution >= 0.6 is 0 Å². The number of nitrogens with one attached hydrogen (secondary N) is 2. The Morgan fingerprint density at radius 2 is 2.00 bits per heavy atom. The summed E-state index contributed by atoms with van der Waals surface area (Å²) in [6, 6.07) is 13.5. The molecule has 2 aliphatic rings. The van der Waals surface area contributed by atoms with E-state index >= 15 is 0 Å². The van der Waals surface area contributed by atoms with E-state index in [4.69, 9.17) is 4.74 Å². The SMILES string of the molecule is Cc1ccc(F)c(CN[C@H]2C[C@H]3C(=O)N[C@@H](COCc4ccccc4)C(=O)N3C2)c1. The summed E-state index contributed by atoms with van der Waals surface area (Å²) in [5.74, 6) is -0.541. The smallest absolute Gasteiger partial charge is 0.248 e. The van der Waals surface area contributed by atoms with Gasteiger partial charge in [-0.1, -0.05) is 48.0 Å². The van der Waals surface area contributed by atoms with Crippen molar-refractivity contribution in [1.29, 1.82) is 0 Å². The molecule has 158 valence electrons. The van der Waals surface area contributed by atoms with Crippen LogP contribution in [0, 0.1) is 12.7 Å². The van der Waals surface area contributed by atoms with Gasteiger partial charge < -0.3 is 20.3 Å². The average Bonchev–Trinajstić information content (AvgIpc) is 3.18. The van der Waals surface area contributed by atoms with Gasteiger partial charge in [0.25, 0.3) is 0 Å². The van der Waals surface area contributed by atoms with E-state index in [0.29, 0.717) is 31.7 Å². The Kier molecular flexibility index (Phi) is 6.11. The maximum atomic E-state index is 14.0. The minimum atomic E-state index is -0.676. The third kappa shape index (κ3) is 4.52. The normalized spacial score (nSPS) is 23.4. The Bertz CT molecular complexity index is 921. The summed E-state index contributed by atoms with van der Waals surface area (Å²) >= 11 is 0. The molecule has 2 amide bonds. The molecular formula is C23H26FN3O3. The molecule has 0 aromatic heterocycles. The van der Waals surface area contributed by atoms with Crippen LogP contribution in [0.25, 0.3) is 0 Å². The lowest BCUT2D eigenvalue weighted by molar-refractivity contribution is -0.148. The molecule has 4 rings (SSSR count). The number of fused-ring (bicyclic) bond motifs is 1. The van der Waals surface area contributed by atoms with Gasteiger partial charge in [-0.25, -0.2) is 4.39 Å². The Labute approximate surface area is 175 Å². The largest absolute Gasteiger partial charge is 0.374 e. The maximum Gasteiger partial charge on any atom is 0.248 e. The molecule has 2 N–H and O–H groups in total. The van der Waals surface area contributed by atoms with Crippen LogP contribution in [0.3, 0.4) is 0 Å². The van der Waals surface area contributed by atoms with Crippen molar-refractivity contribution in [1.82, 2.24) is 15.5 Å². The lowest BCUT2D eigenvalue weighted by Gasteiger charge is -2.34. The second-order valence-corrected chi connectivity index (χ2v) is 7.98. The average molecular weight is 411 g/mol. The van der Waals surface area contributed by atoms with E-state index in [-0.39, 0.29) is 30.3 Å². The highest BCUT2D eigenvalue weighted by molar-refractivity contribution is 5.97. The van der Waals surface area contributed by atoms with E-state index in [0.717, 1.165) is 11.1 Å². The fourth-order valence-electron chi connectivity index (χ4n) is 4.08. The highest BCUT2D eigenvalue weighted by Gasteiger charge is 2.46. The van der Waals surface area contributed by atoms with E-state index in [9.17, 15) is 14.0 Å². The van der Waals surface area contributed by atoms with Gasteiger partial charge in [-0.3, -0.25) is 9.59 Å². The van der Waals surface area contributed by atoms with Crippen LogP contribution in [-0.4, -0.2) is 48.0 Å². The first kappa shape index (κ1) is 20.5. The molecule has 0 unspecified atom stereocenters. The number of hydrogen-bond donors (Lipinski definition) is 2. The van der Waals surface area contributed by atoms with Gasteiger partial charge in [-0.2, -0.15) is 0 Å². The quantitative estimate of drug-likeness (QED) is 0.730. The third-order valence-corrected chi connectivity index (χ3v) is 5.68. The van der Waals surface area contributed by atoms with Gasteiger partial charge in [0, 0.05) is 24.7 Å². The van der Waals surface area contributed by atoms with Crippen molar-refractivity contribution in [3.8, 4) is 0 Å². The monoisotopic (exact) mass is 411 g/mol. The number of carbonyl (C=O) groups is 2. The number of benzene rings is 2. The molecule has 0 saturated carbocycles. The fourth-order valence-corrected chi connectivity index (χ4v) is 4.08. The predicted molar refractivity (Wildman–Crippen MR) is 110 cm³/mol. The standard InChI is InChI=1S/C23H26FN3O3/c1-15-7-8-19(24)17(9-15)11-25-18-10-21-22(28)26-20(23(29)27(21)12-18)14-30-13-16-5-3-2-4-6-16/h2-9,18,20-21,25H,10-14H2,1H3,(H,26,28)/t18-,20-,21-/m0/s1. The van der Waals surface area contributed by atoms with Gasteiger partial charge in [0.1, 0.15) is 17.9 Å². The summed E-state index contributed by atoms with van der Waals surface area (Å²) in [6.45, 7) is 3.23. The van der Waals surface area contributed by atoms with Gasteiger partial charge >= 0.3 is 0 Å². The molecule has 0 radical (unpaired) electrons. The molecule has 6 nitrogen and oxygen atoms in total. The van der Waals surface area contributed by atoms with E-state index in [1.54, 1.807) is 11.0 Å². The summed E-state index contributed by atoms with van der Waals surface area (Å²) in [5.41, 5.74) is 2.59.